The molecule has 1 aromatic heterocycles. The Hall–Kier alpha value is -3.51. The Morgan fingerprint density at radius 2 is 1.87 bits per heavy atom. The van der Waals surface area contributed by atoms with Crippen LogP contribution in [0.2, 0.25) is 0 Å². The number of carbonyl (C=O) groups is 3. The molecule has 0 radical (unpaired) electrons. The molecule has 0 fully saturated rings. The number of sulfonamides is 1. The number of nitrogens with one attached hydrogen (secondary N) is 3. The Morgan fingerprint density at radius 1 is 1.10 bits per heavy atom. The van der Waals surface area contributed by atoms with E-state index in [2.05, 4.69) is 15.6 Å². The van der Waals surface area contributed by atoms with Crippen LogP contribution in [0.25, 0.3) is 0 Å². The second-order valence-electron chi connectivity index (χ2n) is 6.24. The molecule has 2 rings (SSSR count). The lowest BCUT2D eigenvalue weighted by atomic mass is 10.1. The van der Waals surface area contributed by atoms with Crippen LogP contribution in [-0.4, -0.2) is 56.1 Å². The van der Waals surface area contributed by atoms with E-state index in [1.54, 1.807) is 6.07 Å². The predicted octanol–water partition coefficient (Wildman–Crippen LogP) is -0.0404. The number of hydrogen-bond acceptors (Lipinski definition) is 8. The van der Waals surface area contributed by atoms with Gasteiger partial charge in [0.15, 0.2) is 0 Å². The molecule has 0 saturated carbocycles. The van der Waals surface area contributed by atoms with E-state index in [4.69, 9.17) is 9.84 Å². The number of benzene rings is 1. The maximum atomic E-state index is 12.5. The van der Waals surface area contributed by atoms with Gasteiger partial charge in [0.05, 0.1) is 17.1 Å². The molecule has 0 unspecified atom stereocenters. The zero-order valence-electron chi connectivity index (χ0n) is 16.6. The van der Waals surface area contributed by atoms with Crippen LogP contribution >= 0.6 is 0 Å². The van der Waals surface area contributed by atoms with Crippen LogP contribution in [0, 0.1) is 0 Å². The standard InChI is InChI=1S/C19H22N4O7S/c1-13(25)20-8-7-14-3-2-4-16(11-14)31(28,29)23-18(26)15-5-6-17(22-12-15)30-19(27)21-9-10-24/h2-6,11-12,24H,7-10H2,1H3,(H,20,25)(H,21,27)(H,23,26). The number of aliphatic hydroxyl groups excluding tert-OH is 1. The number of nitrogens with zero attached hydrogens (tertiary/aromatic N) is 1. The summed E-state index contributed by atoms with van der Waals surface area (Å²) in [5.74, 6) is -1.21. The molecular weight excluding hydrogens is 428 g/mol. The fraction of sp³-hybridized carbons (Fsp3) is 0.263. The number of aliphatic hydroxyl groups is 1. The van der Waals surface area contributed by atoms with Crippen molar-refractivity contribution in [3.63, 3.8) is 0 Å². The van der Waals surface area contributed by atoms with Gasteiger partial charge in [0.1, 0.15) is 0 Å². The number of aromatic nitrogens is 1. The van der Waals surface area contributed by atoms with Crippen molar-refractivity contribution in [3.05, 3.63) is 53.7 Å². The van der Waals surface area contributed by atoms with Crippen molar-refractivity contribution in [1.29, 1.82) is 0 Å². The smallest absolute Gasteiger partial charge is 0.395 e. The van der Waals surface area contributed by atoms with Crippen molar-refractivity contribution >= 4 is 27.9 Å². The Morgan fingerprint density at radius 3 is 2.52 bits per heavy atom. The molecule has 0 atom stereocenters. The van der Waals surface area contributed by atoms with Crippen LogP contribution in [0.15, 0.2) is 47.5 Å². The van der Waals surface area contributed by atoms with Crippen LogP contribution in [-0.2, 0) is 21.2 Å². The first-order chi connectivity index (χ1) is 14.7. The highest BCUT2D eigenvalue weighted by atomic mass is 32.2. The van der Waals surface area contributed by atoms with Crippen LogP contribution < -0.4 is 20.1 Å². The van der Waals surface area contributed by atoms with E-state index in [9.17, 15) is 22.8 Å². The Balaban J connectivity index is 2.02. The van der Waals surface area contributed by atoms with Crippen molar-refractivity contribution in [3.8, 4) is 5.88 Å². The third-order valence-electron chi connectivity index (χ3n) is 3.80. The molecule has 0 bridgehead atoms. The van der Waals surface area contributed by atoms with E-state index in [0.29, 0.717) is 18.5 Å². The number of ether oxygens (including phenoxy) is 1. The van der Waals surface area contributed by atoms with Gasteiger partial charge in [-0.25, -0.2) is 22.9 Å². The molecule has 3 amide bonds. The van der Waals surface area contributed by atoms with Crippen LogP contribution in [0.3, 0.4) is 0 Å². The van der Waals surface area contributed by atoms with Crippen molar-refractivity contribution in [2.45, 2.75) is 18.2 Å². The average Bonchev–Trinajstić information content (AvgIpc) is 2.72. The summed E-state index contributed by atoms with van der Waals surface area (Å²) < 4.78 is 31.9. The Bertz CT molecular complexity index is 1040. The first kappa shape index (κ1) is 23.8. The lowest BCUT2D eigenvalue weighted by Gasteiger charge is -2.09. The second-order valence-corrected chi connectivity index (χ2v) is 7.92. The van der Waals surface area contributed by atoms with Gasteiger partial charge in [0.25, 0.3) is 15.9 Å². The highest BCUT2D eigenvalue weighted by Gasteiger charge is 2.19. The monoisotopic (exact) mass is 450 g/mol. The van der Waals surface area contributed by atoms with E-state index in [-0.39, 0.29) is 35.4 Å². The molecule has 4 N–H and O–H groups in total. The first-order valence-corrected chi connectivity index (χ1v) is 10.6. The van der Waals surface area contributed by atoms with E-state index in [1.165, 1.54) is 37.3 Å². The van der Waals surface area contributed by atoms with Gasteiger partial charge in [-0.15, -0.1) is 0 Å². The van der Waals surface area contributed by atoms with Crippen LogP contribution in [0.1, 0.15) is 22.8 Å². The van der Waals surface area contributed by atoms with Gasteiger partial charge in [-0.05, 0) is 30.2 Å². The highest BCUT2D eigenvalue weighted by molar-refractivity contribution is 7.90. The van der Waals surface area contributed by atoms with E-state index < -0.39 is 22.0 Å². The number of rotatable bonds is 9. The van der Waals surface area contributed by atoms with E-state index >= 15 is 0 Å². The molecule has 11 nitrogen and oxygen atoms in total. The van der Waals surface area contributed by atoms with Crippen molar-refractivity contribution < 1.29 is 32.6 Å². The molecule has 2 aromatic rings. The summed E-state index contributed by atoms with van der Waals surface area (Å²) in [5, 5.41) is 13.5. The quantitative estimate of drug-likeness (QED) is 0.413. The summed E-state index contributed by atoms with van der Waals surface area (Å²) in [4.78, 5) is 38.3. The van der Waals surface area contributed by atoms with E-state index in [0.717, 1.165) is 6.20 Å². The Labute approximate surface area is 178 Å². The number of carbonyl (C=O) groups excluding carboxylic acids is 3. The second kappa shape index (κ2) is 11.0. The van der Waals surface area contributed by atoms with Crippen molar-refractivity contribution in [2.24, 2.45) is 0 Å². The molecule has 0 saturated heterocycles. The minimum absolute atomic E-state index is 0.00558. The zero-order valence-corrected chi connectivity index (χ0v) is 17.4. The maximum absolute atomic E-state index is 12.5. The zero-order chi connectivity index (χ0) is 22.9. The normalized spacial score (nSPS) is 10.8. The molecule has 31 heavy (non-hydrogen) atoms. The first-order valence-electron chi connectivity index (χ1n) is 9.14. The average molecular weight is 450 g/mol. The van der Waals surface area contributed by atoms with Gasteiger partial charge in [-0.2, -0.15) is 0 Å². The summed E-state index contributed by atoms with van der Waals surface area (Å²) in [7, 11) is -4.14. The van der Waals surface area contributed by atoms with Gasteiger partial charge < -0.3 is 20.5 Å². The summed E-state index contributed by atoms with van der Waals surface area (Å²) in [5.41, 5.74) is 0.611. The summed E-state index contributed by atoms with van der Waals surface area (Å²) >= 11 is 0. The summed E-state index contributed by atoms with van der Waals surface area (Å²) in [6, 6.07) is 8.48. The van der Waals surface area contributed by atoms with Gasteiger partial charge >= 0.3 is 6.09 Å². The summed E-state index contributed by atoms with van der Waals surface area (Å²) in [6.07, 6.45) is 0.650. The topological polar surface area (TPSA) is 164 Å². The molecule has 1 heterocycles. The Kier molecular flexibility index (Phi) is 8.46. The lowest BCUT2D eigenvalue weighted by molar-refractivity contribution is -0.118. The van der Waals surface area contributed by atoms with E-state index in [1.807, 2.05) is 4.72 Å². The van der Waals surface area contributed by atoms with Gasteiger partial charge in [-0.3, -0.25) is 9.59 Å². The molecule has 12 heteroatoms. The fourth-order valence-electron chi connectivity index (χ4n) is 2.35. The van der Waals surface area contributed by atoms with Gasteiger partial charge in [0, 0.05) is 32.3 Å². The number of amides is 3. The molecule has 1 aromatic carbocycles. The highest BCUT2D eigenvalue weighted by Crippen LogP contribution is 2.13. The number of hydrogen-bond donors (Lipinski definition) is 4. The van der Waals surface area contributed by atoms with Crippen LogP contribution in [0.5, 0.6) is 5.88 Å². The predicted molar refractivity (Wildman–Crippen MR) is 109 cm³/mol. The maximum Gasteiger partial charge on any atom is 0.414 e. The number of pyridine rings is 1. The molecule has 0 aliphatic rings. The SMILES string of the molecule is CC(=O)NCCc1cccc(S(=O)(=O)NC(=O)c2ccc(OC(=O)NCCO)nc2)c1. The third-order valence-corrected chi connectivity index (χ3v) is 5.13. The van der Waals surface area contributed by atoms with Crippen LogP contribution in [0.4, 0.5) is 4.79 Å². The van der Waals surface area contributed by atoms with Gasteiger partial charge in [0.2, 0.25) is 11.8 Å². The summed E-state index contributed by atoms with van der Waals surface area (Å²) in [6.45, 7) is 1.49. The molecule has 0 aliphatic carbocycles. The van der Waals surface area contributed by atoms with Crippen molar-refractivity contribution in [2.75, 3.05) is 19.7 Å². The third kappa shape index (κ3) is 7.68. The molecule has 0 aliphatic heterocycles. The van der Waals surface area contributed by atoms with Gasteiger partial charge in [-0.1, -0.05) is 12.1 Å². The largest absolute Gasteiger partial charge is 0.414 e. The molecular formula is C19H22N4O7S. The lowest BCUT2D eigenvalue weighted by Crippen LogP contribution is -2.31. The molecule has 166 valence electrons. The fourth-order valence-corrected chi connectivity index (χ4v) is 3.40. The molecule has 0 spiro atoms. The van der Waals surface area contributed by atoms with Crippen molar-refractivity contribution in [1.82, 2.24) is 20.3 Å². The minimum Gasteiger partial charge on any atom is -0.395 e. The minimum atomic E-state index is -4.14.